The highest BCUT2D eigenvalue weighted by Crippen LogP contribution is 2.24. The zero-order chi connectivity index (χ0) is 12.9. The first-order valence-corrected chi connectivity index (χ1v) is 6.73. The monoisotopic (exact) mass is 356 g/mol. The maximum Gasteiger partial charge on any atom is 0.508 e. The van der Waals surface area contributed by atoms with E-state index in [0.29, 0.717) is 26.1 Å². The maximum atomic E-state index is 11.6. The topological polar surface area (TPSA) is 61.8 Å². The van der Waals surface area contributed by atoms with Crippen LogP contribution in [0.3, 0.4) is 0 Å². The van der Waals surface area contributed by atoms with Gasteiger partial charge in [0.2, 0.25) is 0 Å². The maximum absolute atomic E-state index is 11.6. The fourth-order valence-corrected chi connectivity index (χ4v) is 1.43. The number of esters is 1. The number of ether oxygens (including phenoxy) is 3. The molecule has 0 spiro atoms. The fraction of sp³-hybridized carbons (Fsp3) is 0.818. The summed E-state index contributed by atoms with van der Waals surface area (Å²) in [5.41, 5.74) is 0. The number of hydrogen-bond acceptors (Lipinski definition) is 5. The van der Waals surface area contributed by atoms with Crippen molar-refractivity contribution in [3.63, 3.8) is 0 Å². The summed E-state index contributed by atoms with van der Waals surface area (Å²) in [6.07, 6.45) is 1.25. The smallest absolute Gasteiger partial charge is 0.465 e. The van der Waals surface area contributed by atoms with Crippen LogP contribution >= 0.6 is 22.6 Å². The first kappa shape index (κ1) is 14.5. The van der Waals surface area contributed by atoms with Gasteiger partial charge in [-0.25, -0.2) is 4.79 Å². The molecule has 0 amide bonds. The van der Waals surface area contributed by atoms with Crippen LogP contribution in [-0.2, 0) is 19.0 Å². The lowest BCUT2D eigenvalue weighted by Gasteiger charge is -2.18. The minimum atomic E-state index is -0.613. The predicted molar refractivity (Wildman–Crippen MR) is 69.1 cm³/mol. The second kappa shape index (κ2) is 6.42. The molecule has 1 aliphatic heterocycles. The molecule has 0 N–H and O–H groups in total. The molecule has 2 atom stereocenters. The molecule has 6 heteroatoms. The van der Waals surface area contributed by atoms with Gasteiger partial charge in [0.15, 0.2) is 0 Å². The summed E-state index contributed by atoms with van der Waals surface area (Å²) in [5.74, 6) is -0.194. The minimum Gasteiger partial charge on any atom is -0.465 e. The van der Waals surface area contributed by atoms with Crippen molar-refractivity contribution in [2.45, 2.75) is 42.6 Å². The molecule has 0 bridgehead atoms. The van der Waals surface area contributed by atoms with Crippen LogP contribution in [0.2, 0.25) is 0 Å². The third-order valence-corrected chi connectivity index (χ3v) is 3.85. The van der Waals surface area contributed by atoms with E-state index < -0.39 is 9.58 Å². The third kappa shape index (κ3) is 4.69. The van der Waals surface area contributed by atoms with Crippen LogP contribution in [0.1, 0.15) is 33.1 Å². The van der Waals surface area contributed by atoms with Gasteiger partial charge in [-0.2, -0.15) is 0 Å². The average Bonchev–Trinajstić information content (AvgIpc) is 2.70. The van der Waals surface area contributed by atoms with Crippen LogP contribution < -0.4 is 0 Å². The first-order chi connectivity index (χ1) is 7.95. The van der Waals surface area contributed by atoms with Crippen LogP contribution in [0.15, 0.2) is 0 Å². The van der Waals surface area contributed by atoms with E-state index in [-0.39, 0.29) is 12.1 Å². The number of cyclic esters (lactones) is 2. The summed E-state index contributed by atoms with van der Waals surface area (Å²) in [5, 5.41) is 0. The van der Waals surface area contributed by atoms with E-state index in [4.69, 9.17) is 9.47 Å². The highest BCUT2D eigenvalue weighted by atomic mass is 127. The fourth-order valence-electron chi connectivity index (χ4n) is 1.28. The third-order valence-electron chi connectivity index (χ3n) is 2.64. The van der Waals surface area contributed by atoms with Gasteiger partial charge in [0, 0.05) is 0 Å². The van der Waals surface area contributed by atoms with E-state index in [9.17, 15) is 9.59 Å². The molecule has 1 saturated heterocycles. The Kier molecular flexibility index (Phi) is 5.48. The Morgan fingerprint density at radius 3 is 2.88 bits per heavy atom. The SMILES string of the molecule is CCC(C)(I)C(=O)OCCCC1COC(=O)O1. The van der Waals surface area contributed by atoms with Crippen molar-refractivity contribution in [1.29, 1.82) is 0 Å². The van der Waals surface area contributed by atoms with Crippen molar-refractivity contribution in [2.75, 3.05) is 13.2 Å². The van der Waals surface area contributed by atoms with Gasteiger partial charge in [0.25, 0.3) is 0 Å². The molecule has 0 saturated carbocycles. The van der Waals surface area contributed by atoms with Gasteiger partial charge in [-0.1, -0.05) is 29.5 Å². The highest BCUT2D eigenvalue weighted by molar-refractivity contribution is 14.1. The molecule has 0 aromatic heterocycles. The number of carbonyl (C=O) groups excluding carboxylic acids is 2. The zero-order valence-corrected chi connectivity index (χ0v) is 12.2. The van der Waals surface area contributed by atoms with Crippen molar-refractivity contribution in [3.05, 3.63) is 0 Å². The number of alkyl halides is 1. The number of halogens is 1. The quantitative estimate of drug-likeness (QED) is 0.317. The molecule has 1 fully saturated rings. The summed E-state index contributed by atoms with van der Waals surface area (Å²) in [6, 6.07) is 0. The lowest BCUT2D eigenvalue weighted by atomic mass is 10.1. The van der Waals surface area contributed by atoms with Gasteiger partial charge in [0.05, 0.1) is 6.61 Å². The molecule has 0 aromatic carbocycles. The standard InChI is InChI=1S/C11H17IO5/c1-3-11(2,12)9(13)15-6-4-5-8-7-16-10(14)17-8/h8H,3-7H2,1-2H3. The van der Waals surface area contributed by atoms with Gasteiger partial charge in [-0.3, -0.25) is 4.79 Å². The highest BCUT2D eigenvalue weighted by Gasteiger charge is 2.29. The largest absolute Gasteiger partial charge is 0.508 e. The summed E-state index contributed by atoms with van der Waals surface area (Å²) < 4.78 is 14.2. The molecule has 5 nitrogen and oxygen atoms in total. The van der Waals surface area contributed by atoms with Crippen LogP contribution in [0.5, 0.6) is 0 Å². The van der Waals surface area contributed by atoms with Gasteiger partial charge >= 0.3 is 12.1 Å². The van der Waals surface area contributed by atoms with E-state index in [2.05, 4.69) is 27.3 Å². The van der Waals surface area contributed by atoms with E-state index in [1.54, 1.807) is 0 Å². The number of rotatable bonds is 6. The Morgan fingerprint density at radius 2 is 2.35 bits per heavy atom. The van der Waals surface area contributed by atoms with Crippen LogP contribution in [0.4, 0.5) is 4.79 Å². The van der Waals surface area contributed by atoms with Crippen molar-refractivity contribution in [3.8, 4) is 0 Å². The molecule has 0 aromatic rings. The van der Waals surface area contributed by atoms with Crippen molar-refractivity contribution >= 4 is 34.7 Å². The summed E-state index contributed by atoms with van der Waals surface area (Å²) in [7, 11) is 0. The van der Waals surface area contributed by atoms with E-state index in [1.165, 1.54) is 0 Å². The van der Waals surface area contributed by atoms with Gasteiger partial charge in [0.1, 0.15) is 16.1 Å². The number of carbonyl (C=O) groups is 2. The first-order valence-electron chi connectivity index (χ1n) is 5.65. The molecular formula is C11H17IO5. The molecule has 98 valence electrons. The second-order valence-electron chi connectivity index (χ2n) is 4.13. The Hall–Kier alpha value is -0.530. The van der Waals surface area contributed by atoms with Gasteiger partial charge in [-0.15, -0.1) is 0 Å². The molecule has 0 radical (unpaired) electrons. The van der Waals surface area contributed by atoms with Crippen LogP contribution in [0, 0.1) is 0 Å². The van der Waals surface area contributed by atoms with E-state index in [1.807, 2.05) is 13.8 Å². The Labute approximate surface area is 114 Å². The van der Waals surface area contributed by atoms with E-state index in [0.717, 1.165) is 6.42 Å². The predicted octanol–water partition coefficient (Wildman–Crippen LogP) is 2.45. The average molecular weight is 356 g/mol. The summed E-state index contributed by atoms with van der Waals surface area (Å²) >= 11 is 2.09. The summed E-state index contributed by atoms with van der Waals surface area (Å²) in [4.78, 5) is 22.2. The minimum absolute atomic E-state index is 0.194. The van der Waals surface area contributed by atoms with Crippen LogP contribution in [-0.4, -0.2) is 34.9 Å². The molecule has 2 unspecified atom stereocenters. The second-order valence-corrected chi connectivity index (χ2v) is 6.51. The Morgan fingerprint density at radius 1 is 1.65 bits per heavy atom. The van der Waals surface area contributed by atoms with Crippen molar-refractivity contribution < 1.29 is 23.8 Å². The van der Waals surface area contributed by atoms with Crippen molar-refractivity contribution in [1.82, 2.24) is 0 Å². The lowest BCUT2D eigenvalue weighted by molar-refractivity contribution is -0.145. The normalized spacial score (nSPS) is 22.5. The van der Waals surface area contributed by atoms with E-state index >= 15 is 0 Å². The van der Waals surface area contributed by atoms with Gasteiger partial charge in [-0.05, 0) is 26.2 Å². The Balaban J connectivity index is 2.12. The molecule has 17 heavy (non-hydrogen) atoms. The Bertz CT molecular complexity index is 290. The molecular weight excluding hydrogens is 339 g/mol. The van der Waals surface area contributed by atoms with Gasteiger partial charge < -0.3 is 14.2 Å². The van der Waals surface area contributed by atoms with Crippen molar-refractivity contribution in [2.24, 2.45) is 0 Å². The van der Waals surface area contributed by atoms with Crippen LogP contribution in [0.25, 0.3) is 0 Å². The lowest BCUT2D eigenvalue weighted by Crippen LogP contribution is -2.29. The molecule has 1 heterocycles. The molecule has 1 aliphatic rings. The zero-order valence-electron chi connectivity index (χ0n) is 10.0. The molecule has 0 aliphatic carbocycles. The summed E-state index contributed by atoms with van der Waals surface area (Å²) in [6.45, 7) is 4.45. The molecule has 1 rings (SSSR count). The number of hydrogen-bond donors (Lipinski definition) is 0.